The maximum Gasteiger partial charge on any atom is 0.151 e. The van der Waals surface area contributed by atoms with Crippen molar-refractivity contribution in [2.45, 2.75) is 19.4 Å². The second kappa shape index (κ2) is 4.06. The van der Waals surface area contributed by atoms with Gasteiger partial charge in [-0.05, 0) is 25.0 Å². The van der Waals surface area contributed by atoms with E-state index in [4.69, 9.17) is 10.5 Å². The lowest BCUT2D eigenvalue weighted by Crippen LogP contribution is -2.24. The lowest BCUT2D eigenvalue weighted by molar-refractivity contribution is 0.121. The Bertz CT molecular complexity index is 354. The van der Waals surface area contributed by atoms with E-state index in [9.17, 15) is 0 Å². The molecule has 1 aromatic heterocycles. The summed E-state index contributed by atoms with van der Waals surface area (Å²) in [6.07, 6.45) is 3.21. The fourth-order valence-corrected chi connectivity index (χ4v) is 1.96. The molecule has 4 nitrogen and oxygen atoms in total. The molecule has 1 aromatic rings. The Morgan fingerprint density at radius 3 is 3.00 bits per heavy atom. The van der Waals surface area contributed by atoms with Crippen molar-refractivity contribution in [3.05, 3.63) is 17.8 Å². The van der Waals surface area contributed by atoms with Crippen LogP contribution in [0.15, 0.2) is 12.3 Å². The molecule has 1 saturated heterocycles. The van der Waals surface area contributed by atoms with Crippen LogP contribution in [0.2, 0.25) is 0 Å². The Morgan fingerprint density at radius 2 is 2.40 bits per heavy atom. The number of nitrogens with zero attached hydrogens (tertiary/aromatic N) is 2. The smallest absolute Gasteiger partial charge is 0.151 e. The number of aryl methyl sites for hydroxylation is 1. The van der Waals surface area contributed by atoms with Crippen LogP contribution in [0.3, 0.4) is 0 Å². The molecule has 0 amide bonds. The van der Waals surface area contributed by atoms with Crippen molar-refractivity contribution >= 4 is 11.5 Å². The molecule has 2 rings (SSSR count). The Morgan fingerprint density at radius 1 is 1.60 bits per heavy atom. The molecule has 1 aliphatic rings. The van der Waals surface area contributed by atoms with E-state index < -0.39 is 0 Å². The average Bonchev–Trinajstić information content (AvgIpc) is 2.66. The fourth-order valence-electron chi connectivity index (χ4n) is 1.96. The molecule has 4 heteroatoms. The van der Waals surface area contributed by atoms with Gasteiger partial charge in [0.15, 0.2) is 5.82 Å². The lowest BCUT2D eigenvalue weighted by atomic mass is 10.3. The molecule has 15 heavy (non-hydrogen) atoms. The van der Waals surface area contributed by atoms with E-state index in [0.29, 0.717) is 6.10 Å². The van der Waals surface area contributed by atoms with E-state index in [1.165, 1.54) is 0 Å². The van der Waals surface area contributed by atoms with Crippen molar-refractivity contribution in [2.24, 2.45) is 0 Å². The molecule has 1 unspecified atom stereocenters. The number of anilines is 2. The highest BCUT2D eigenvalue weighted by Crippen LogP contribution is 2.25. The van der Waals surface area contributed by atoms with Gasteiger partial charge in [0.05, 0.1) is 11.8 Å². The molecule has 1 atom stereocenters. The first kappa shape index (κ1) is 10.2. The number of nitrogens with two attached hydrogens (primary N) is 1. The van der Waals surface area contributed by atoms with Crippen LogP contribution in [0, 0.1) is 6.92 Å². The summed E-state index contributed by atoms with van der Waals surface area (Å²) in [6, 6.07) is 1.96. The largest absolute Gasteiger partial charge is 0.396 e. The van der Waals surface area contributed by atoms with Crippen molar-refractivity contribution in [3.63, 3.8) is 0 Å². The van der Waals surface area contributed by atoms with Gasteiger partial charge in [0.2, 0.25) is 0 Å². The van der Waals surface area contributed by atoms with Crippen molar-refractivity contribution < 1.29 is 4.74 Å². The number of aromatic nitrogens is 1. The number of pyridine rings is 1. The Kier molecular flexibility index (Phi) is 2.77. The third-order valence-corrected chi connectivity index (χ3v) is 2.81. The lowest BCUT2D eigenvalue weighted by Gasteiger charge is -2.19. The number of nitrogen functional groups attached to an aromatic ring is 1. The highest BCUT2D eigenvalue weighted by Gasteiger charge is 2.24. The van der Waals surface area contributed by atoms with Crippen molar-refractivity contribution in [2.75, 3.05) is 30.8 Å². The summed E-state index contributed by atoms with van der Waals surface area (Å²) >= 11 is 0. The van der Waals surface area contributed by atoms with Gasteiger partial charge in [-0.15, -0.1) is 0 Å². The van der Waals surface area contributed by atoms with Gasteiger partial charge >= 0.3 is 0 Å². The molecule has 0 spiro atoms. The maximum atomic E-state index is 5.94. The van der Waals surface area contributed by atoms with E-state index in [2.05, 4.69) is 9.88 Å². The molecule has 1 fully saturated rings. The second-order valence-corrected chi connectivity index (χ2v) is 4.02. The van der Waals surface area contributed by atoms with Crippen molar-refractivity contribution in [1.82, 2.24) is 4.98 Å². The summed E-state index contributed by atoms with van der Waals surface area (Å²) in [7, 11) is 1.75. The van der Waals surface area contributed by atoms with Crippen LogP contribution in [-0.2, 0) is 4.74 Å². The van der Waals surface area contributed by atoms with Gasteiger partial charge < -0.3 is 15.4 Å². The van der Waals surface area contributed by atoms with E-state index in [1.807, 2.05) is 19.2 Å². The first-order chi connectivity index (χ1) is 7.20. The number of ether oxygens (including phenoxy) is 1. The molecule has 0 bridgehead atoms. The molecular weight excluding hydrogens is 190 g/mol. The summed E-state index contributed by atoms with van der Waals surface area (Å²) in [6.45, 7) is 3.85. The third-order valence-electron chi connectivity index (χ3n) is 2.81. The summed E-state index contributed by atoms with van der Waals surface area (Å²) in [5, 5.41) is 0. The number of rotatable bonds is 2. The summed E-state index contributed by atoms with van der Waals surface area (Å²) in [4.78, 5) is 6.56. The van der Waals surface area contributed by atoms with E-state index >= 15 is 0 Å². The van der Waals surface area contributed by atoms with Gasteiger partial charge in [0.25, 0.3) is 0 Å². The van der Waals surface area contributed by atoms with Gasteiger partial charge in [0, 0.05) is 26.4 Å². The van der Waals surface area contributed by atoms with Gasteiger partial charge in [0.1, 0.15) is 0 Å². The van der Waals surface area contributed by atoms with Gasteiger partial charge in [-0.3, -0.25) is 0 Å². The van der Waals surface area contributed by atoms with Crippen LogP contribution in [0.1, 0.15) is 12.0 Å². The average molecular weight is 207 g/mol. The van der Waals surface area contributed by atoms with Crippen LogP contribution in [0.25, 0.3) is 0 Å². The van der Waals surface area contributed by atoms with Gasteiger partial charge in [-0.25, -0.2) is 4.98 Å². The quantitative estimate of drug-likeness (QED) is 0.791. The zero-order chi connectivity index (χ0) is 10.8. The minimum Gasteiger partial charge on any atom is -0.396 e. The Hall–Kier alpha value is -1.29. The van der Waals surface area contributed by atoms with Gasteiger partial charge in [-0.2, -0.15) is 0 Å². The van der Waals surface area contributed by atoms with Crippen LogP contribution in [0.5, 0.6) is 0 Å². The number of hydrogen-bond donors (Lipinski definition) is 1. The Balaban J connectivity index is 2.17. The third kappa shape index (κ3) is 2.04. The highest BCUT2D eigenvalue weighted by atomic mass is 16.5. The van der Waals surface area contributed by atoms with Crippen LogP contribution < -0.4 is 10.6 Å². The van der Waals surface area contributed by atoms with Crippen molar-refractivity contribution in [1.29, 1.82) is 0 Å². The molecule has 0 saturated carbocycles. The molecule has 82 valence electrons. The van der Waals surface area contributed by atoms with Crippen LogP contribution in [-0.4, -0.2) is 31.3 Å². The number of hydrogen-bond acceptors (Lipinski definition) is 4. The predicted octanol–water partition coefficient (Wildman–Crippen LogP) is 1.20. The van der Waals surface area contributed by atoms with Crippen LogP contribution in [0.4, 0.5) is 11.5 Å². The van der Waals surface area contributed by atoms with Crippen molar-refractivity contribution in [3.8, 4) is 0 Å². The molecular formula is C11H17N3O. The normalized spacial score (nSPS) is 20.9. The monoisotopic (exact) mass is 207 g/mol. The van der Waals surface area contributed by atoms with E-state index in [1.54, 1.807) is 7.11 Å². The molecule has 0 aromatic carbocycles. The molecule has 1 aliphatic heterocycles. The number of methoxy groups -OCH3 is 1. The van der Waals surface area contributed by atoms with E-state index in [-0.39, 0.29) is 0 Å². The Labute approximate surface area is 90.0 Å². The topological polar surface area (TPSA) is 51.4 Å². The van der Waals surface area contributed by atoms with E-state index in [0.717, 1.165) is 36.6 Å². The highest BCUT2D eigenvalue weighted by molar-refractivity contribution is 5.63. The summed E-state index contributed by atoms with van der Waals surface area (Å²) < 4.78 is 5.32. The molecule has 0 aliphatic carbocycles. The minimum atomic E-state index is 0.313. The molecule has 2 N–H and O–H groups in total. The zero-order valence-electron chi connectivity index (χ0n) is 9.23. The first-order valence-corrected chi connectivity index (χ1v) is 5.20. The summed E-state index contributed by atoms with van der Waals surface area (Å²) in [5.41, 5.74) is 7.80. The minimum absolute atomic E-state index is 0.313. The molecule has 2 heterocycles. The van der Waals surface area contributed by atoms with Crippen LogP contribution >= 0.6 is 0 Å². The SMILES string of the molecule is COC1CCN(c2ncc(C)cc2N)C1. The zero-order valence-corrected chi connectivity index (χ0v) is 9.23. The predicted molar refractivity (Wildman–Crippen MR) is 61.0 cm³/mol. The standard InChI is InChI=1S/C11H17N3O/c1-8-5-10(12)11(13-6-8)14-4-3-9(7-14)15-2/h5-6,9H,3-4,7,12H2,1-2H3. The van der Waals surface area contributed by atoms with Gasteiger partial charge in [-0.1, -0.05) is 0 Å². The second-order valence-electron chi connectivity index (χ2n) is 4.02. The first-order valence-electron chi connectivity index (χ1n) is 5.20. The molecule has 0 radical (unpaired) electrons. The maximum absolute atomic E-state index is 5.94. The fraction of sp³-hybridized carbons (Fsp3) is 0.545. The summed E-state index contributed by atoms with van der Waals surface area (Å²) in [5.74, 6) is 0.889.